The van der Waals surface area contributed by atoms with Gasteiger partial charge in [-0.25, -0.2) is 4.98 Å². The summed E-state index contributed by atoms with van der Waals surface area (Å²) in [5.41, 5.74) is 1.00. The number of nitrogens with one attached hydrogen (secondary N) is 1. The molecule has 2 aromatic heterocycles. The molecule has 0 spiro atoms. The Balaban J connectivity index is 1.94. The Morgan fingerprint density at radius 3 is 2.93 bits per heavy atom. The van der Waals surface area contributed by atoms with Crippen LogP contribution < -0.4 is 5.32 Å². The molecule has 0 aromatic carbocycles. The number of nitrogens with zero attached hydrogens (tertiary/aromatic N) is 4. The van der Waals surface area contributed by atoms with Gasteiger partial charge in [0.25, 0.3) is 0 Å². The lowest BCUT2D eigenvalue weighted by Gasteiger charge is -1.96. The highest BCUT2D eigenvalue weighted by Crippen LogP contribution is 2.14. The van der Waals surface area contributed by atoms with Gasteiger partial charge in [0.1, 0.15) is 5.01 Å². The summed E-state index contributed by atoms with van der Waals surface area (Å²) >= 11 is 1.55. The molecule has 74 valence electrons. The fraction of sp³-hybridized carbons (Fsp3) is 0.375. The maximum absolute atomic E-state index is 4.19. The number of aromatic nitrogens is 4. The van der Waals surface area contributed by atoms with E-state index in [1.54, 1.807) is 17.7 Å². The zero-order valence-corrected chi connectivity index (χ0v) is 8.88. The maximum Gasteiger partial charge on any atom is 0.205 e. The van der Waals surface area contributed by atoms with E-state index in [2.05, 4.69) is 20.5 Å². The minimum atomic E-state index is 0.690. The number of hydrogen-bond donors (Lipinski definition) is 1. The van der Waals surface area contributed by atoms with E-state index in [4.69, 9.17) is 0 Å². The lowest BCUT2D eigenvalue weighted by molar-refractivity contribution is 0.912. The highest BCUT2D eigenvalue weighted by molar-refractivity contribution is 7.15. The van der Waals surface area contributed by atoms with Crippen LogP contribution in [0.2, 0.25) is 0 Å². The second-order valence-corrected chi connectivity index (χ2v) is 4.19. The van der Waals surface area contributed by atoms with Crippen molar-refractivity contribution < 1.29 is 0 Å². The fourth-order valence-corrected chi connectivity index (χ4v) is 1.68. The van der Waals surface area contributed by atoms with Crippen molar-refractivity contribution in [3.05, 3.63) is 23.2 Å². The molecule has 0 fully saturated rings. The number of rotatable bonds is 3. The van der Waals surface area contributed by atoms with Gasteiger partial charge in [0.15, 0.2) is 0 Å². The van der Waals surface area contributed by atoms with Crippen molar-refractivity contribution in [3.8, 4) is 0 Å². The Bertz CT molecular complexity index is 379. The Kier molecular flexibility index (Phi) is 2.45. The van der Waals surface area contributed by atoms with Gasteiger partial charge in [-0.05, 0) is 6.92 Å². The molecule has 0 atom stereocenters. The van der Waals surface area contributed by atoms with Crippen LogP contribution in [0.1, 0.15) is 10.7 Å². The Morgan fingerprint density at radius 2 is 2.36 bits per heavy atom. The van der Waals surface area contributed by atoms with Crippen molar-refractivity contribution >= 4 is 16.5 Å². The molecule has 0 amide bonds. The minimum Gasteiger partial charge on any atom is -0.354 e. The van der Waals surface area contributed by atoms with Crippen LogP contribution in [-0.2, 0) is 13.6 Å². The third-order valence-corrected chi connectivity index (χ3v) is 2.50. The largest absolute Gasteiger partial charge is 0.354 e. The summed E-state index contributed by atoms with van der Waals surface area (Å²) in [4.78, 5) is 4.19. The van der Waals surface area contributed by atoms with Crippen LogP contribution in [0.25, 0.3) is 0 Å². The quantitative estimate of drug-likeness (QED) is 0.825. The summed E-state index contributed by atoms with van der Waals surface area (Å²) in [5.74, 6) is 0. The maximum atomic E-state index is 4.19. The van der Waals surface area contributed by atoms with Gasteiger partial charge in [-0.2, -0.15) is 0 Å². The van der Waals surface area contributed by atoms with E-state index in [0.29, 0.717) is 6.54 Å². The lowest BCUT2D eigenvalue weighted by Crippen LogP contribution is -1.99. The van der Waals surface area contributed by atoms with Crippen molar-refractivity contribution in [3.63, 3.8) is 0 Å². The minimum absolute atomic E-state index is 0.690. The highest BCUT2D eigenvalue weighted by Gasteiger charge is 2.00. The number of imidazole rings is 1. The van der Waals surface area contributed by atoms with Gasteiger partial charge in [0.2, 0.25) is 5.13 Å². The highest BCUT2D eigenvalue weighted by atomic mass is 32.1. The Hall–Kier alpha value is -1.43. The molecule has 14 heavy (non-hydrogen) atoms. The predicted octanol–water partition coefficient (Wildman–Crippen LogP) is 1.19. The zero-order chi connectivity index (χ0) is 9.97. The van der Waals surface area contributed by atoms with Gasteiger partial charge in [0, 0.05) is 13.2 Å². The number of hydrogen-bond acceptors (Lipinski definition) is 5. The third-order valence-electron chi connectivity index (χ3n) is 1.71. The smallest absolute Gasteiger partial charge is 0.205 e. The predicted molar refractivity (Wildman–Crippen MR) is 55.2 cm³/mol. The molecule has 0 bridgehead atoms. The molecule has 2 heterocycles. The molecule has 0 saturated heterocycles. The van der Waals surface area contributed by atoms with E-state index in [9.17, 15) is 0 Å². The van der Waals surface area contributed by atoms with Crippen LogP contribution in [0.15, 0.2) is 12.5 Å². The van der Waals surface area contributed by atoms with Gasteiger partial charge >= 0.3 is 0 Å². The van der Waals surface area contributed by atoms with Crippen LogP contribution in [0.3, 0.4) is 0 Å². The van der Waals surface area contributed by atoms with E-state index in [1.165, 1.54) is 0 Å². The van der Waals surface area contributed by atoms with Gasteiger partial charge in [-0.15, -0.1) is 10.2 Å². The molecule has 0 unspecified atom stereocenters. The average Bonchev–Trinajstić information content (AvgIpc) is 2.72. The van der Waals surface area contributed by atoms with E-state index < -0.39 is 0 Å². The summed E-state index contributed by atoms with van der Waals surface area (Å²) < 4.78 is 1.92. The molecule has 0 aliphatic rings. The van der Waals surface area contributed by atoms with Crippen LogP contribution in [0.4, 0.5) is 5.13 Å². The molecular formula is C8H11N5S. The fourth-order valence-electron chi connectivity index (χ4n) is 1.09. The topological polar surface area (TPSA) is 55.6 Å². The van der Waals surface area contributed by atoms with E-state index >= 15 is 0 Å². The molecule has 0 aliphatic heterocycles. The van der Waals surface area contributed by atoms with E-state index in [0.717, 1.165) is 15.8 Å². The molecule has 0 radical (unpaired) electrons. The average molecular weight is 209 g/mol. The normalized spacial score (nSPS) is 10.4. The van der Waals surface area contributed by atoms with Crippen LogP contribution in [0.5, 0.6) is 0 Å². The molecule has 2 aromatic rings. The van der Waals surface area contributed by atoms with Gasteiger partial charge < -0.3 is 9.88 Å². The van der Waals surface area contributed by atoms with Crippen molar-refractivity contribution in [2.24, 2.45) is 7.05 Å². The van der Waals surface area contributed by atoms with Crippen LogP contribution in [-0.4, -0.2) is 19.7 Å². The van der Waals surface area contributed by atoms with E-state index in [1.807, 2.05) is 24.7 Å². The molecule has 1 N–H and O–H groups in total. The SMILES string of the molecule is Cc1nnc(NCc2cn(C)cn2)s1. The van der Waals surface area contributed by atoms with Gasteiger partial charge in [0.05, 0.1) is 18.6 Å². The van der Waals surface area contributed by atoms with Gasteiger partial charge in [-0.3, -0.25) is 0 Å². The molecule has 5 nitrogen and oxygen atoms in total. The van der Waals surface area contributed by atoms with Crippen LogP contribution >= 0.6 is 11.3 Å². The van der Waals surface area contributed by atoms with Crippen molar-refractivity contribution in [2.45, 2.75) is 13.5 Å². The first-order valence-electron chi connectivity index (χ1n) is 4.25. The molecule has 0 aliphatic carbocycles. The second-order valence-electron chi connectivity index (χ2n) is 3.01. The summed E-state index contributed by atoms with van der Waals surface area (Å²) in [7, 11) is 1.95. The first-order valence-corrected chi connectivity index (χ1v) is 5.06. The third kappa shape index (κ3) is 2.08. The standard InChI is InChI=1S/C8H11N5S/c1-6-11-12-8(14-6)9-3-7-4-13(2)5-10-7/h4-5H,3H2,1-2H3,(H,9,12). The monoisotopic (exact) mass is 209 g/mol. The summed E-state index contributed by atoms with van der Waals surface area (Å²) in [5, 5.41) is 12.8. The Labute approximate surface area is 85.8 Å². The van der Waals surface area contributed by atoms with Crippen molar-refractivity contribution in [1.29, 1.82) is 0 Å². The van der Waals surface area contributed by atoms with Gasteiger partial charge in [-0.1, -0.05) is 11.3 Å². The number of anilines is 1. The Morgan fingerprint density at radius 1 is 1.50 bits per heavy atom. The summed E-state index contributed by atoms with van der Waals surface area (Å²) in [6.07, 6.45) is 3.75. The van der Waals surface area contributed by atoms with Crippen molar-refractivity contribution in [2.75, 3.05) is 5.32 Å². The van der Waals surface area contributed by atoms with Crippen molar-refractivity contribution in [1.82, 2.24) is 19.7 Å². The summed E-state index contributed by atoms with van der Waals surface area (Å²) in [6.45, 7) is 2.62. The molecule has 0 saturated carbocycles. The molecule has 6 heteroatoms. The molecular weight excluding hydrogens is 198 g/mol. The summed E-state index contributed by atoms with van der Waals surface area (Å²) in [6, 6.07) is 0. The molecule has 2 rings (SSSR count). The lowest BCUT2D eigenvalue weighted by atomic mass is 10.5. The first kappa shape index (κ1) is 9.14. The first-order chi connectivity index (χ1) is 6.74. The van der Waals surface area contributed by atoms with Crippen LogP contribution in [0, 0.1) is 6.92 Å². The zero-order valence-electron chi connectivity index (χ0n) is 8.06. The van der Waals surface area contributed by atoms with E-state index in [-0.39, 0.29) is 0 Å². The second kappa shape index (κ2) is 3.75. The number of aryl methyl sites for hydroxylation is 2.